The second-order valence-electron chi connectivity index (χ2n) is 7.91. The molecule has 0 bridgehead atoms. The summed E-state index contributed by atoms with van der Waals surface area (Å²) in [6.07, 6.45) is 5.21. The third-order valence-corrected chi connectivity index (χ3v) is 5.88. The number of thiazole rings is 1. The Bertz CT molecular complexity index is 1100. The number of nitrogens with zero attached hydrogens (tertiary/aromatic N) is 4. The highest BCUT2D eigenvalue weighted by molar-refractivity contribution is 7.19. The zero-order valence-corrected chi connectivity index (χ0v) is 18.2. The molecule has 0 fully saturated rings. The van der Waals surface area contributed by atoms with E-state index in [1.54, 1.807) is 6.08 Å². The lowest BCUT2D eigenvalue weighted by molar-refractivity contribution is -0.111. The molecule has 29 heavy (non-hydrogen) atoms. The molecule has 0 unspecified atom stereocenters. The Balaban J connectivity index is 1.79. The number of fused-ring (bicyclic) bond motifs is 3. The summed E-state index contributed by atoms with van der Waals surface area (Å²) in [5.74, 6) is -0.139. The first kappa shape index (κ1) is 19.5. The van der Waals surface area contributed by atoms with Crippen LogP contribution in [0.25, 0.3) is 21.8 Å². The number of rotatable bonds is 4. The van der Waals surface area contributed by atoms with Crippen molar-refractivity contribution in [2.45, 2.75) is 53.5 Å². The molecular formula is C22H25N5OS. The molecule has 1 amide bonds. The van der Waals surface area contributed by atoms with E-state index in [9.17, 15) is 4.79 Å². The van der Waals surface area contributed by atoms with Gasteiger partial charge in [-0.3, -0.25) is 19.8 Å². The van der Waals surface area contributed by atoms with Gasteiger partial charge in [-0.2, -0.15) is 5.10 Å². The van der Waals surface area contributed by atoms with E-state index in [1.807, 2.05) is 33.0 Å². The molecule has 0 radical (unpaired) electrons. The number of pyridine rings is 1. The van der Waals surface area contributed by atoms with Crippen LogP contribution in [0.2, 0.25) is 0 Å². The zero-order valence-electron chi connectivity index (χ0n) is 17.4. The minimum Gasteiger partial charge on any atom is -0.298 e. The Morgan fingerprint density at radius 1 is 1.28 bits per heavy atom. The van der Waals surface area contributed by atoms with Gasteiger partial charge in [0.05, 0.1) is 22.0 Å². The molecule has 0 aliphatic heterocycles. The van der Waals surface area contributed by atoms with Crippen molar-refractivity contribution >= 4 is 22.4 Å². The van der Waals surface area contributed by atoms with Crippen LogP contribution in [0.5, 0.6) is 0 Å². The molecule has 7 heteroatoms. The number of allylic oxidation sites excluding steroid dienone is 1. The number of hydrogen-bond donors (Lipinski definition) is 1. The fourth-order valence-corrected chi connectivity index (χ4v) is 4.65. The predicted molar refractivity (Wildman–Crippen MR) is 117 cm³/mol. The quantitative estimate of drug-likeness (QED) is 0.620. The fourth-order valence-electron chi connectivity index (χ4n) is 3.57. The second-order valence-corrected chi connectivity index (χ2v) is 8.91. The molecule has 3 heterocycles. The molecule has 3 aromatic rings. The minimum atomic E-state index is -0.139. The Kier molecular flexibility index (Phi) is 5.08. The van der Waals surface area contributed by atoms with Crippen molar-refractivity contribution in [3.63, 3.8) is 0 Å². The van der Waals surface area contributed by atoms with Gasteiger partial charge >= 0.3 is 0 Å². The van der Waals surface area contributed by atoms with Gasteiger partial charge in [-0.25, -0.2) is 4.98 Å². The van der Waals surface area contributed by atoms with Gasteiger partial charge in [0, 0.05) is 35.1 Å². The SMILES string of the molecule is CC(C)=CC(=O)Nc1nc2c(s1)-c1c(c(-c3ccc(C)nc3)nn1C(C)C)CC2. The Hall–Kier alpha value is -2.80. The second kappa shape index (κ2) is 7.55. The number of carbonyl (C=O) groups is 1. The standard InChI is InChI=1S/C22H25N5OS/c1-12(2)10-18(28)25-22-24-17-9-8-16-19(15-7-6-14(5)23-11-15)26-27(13(3)4)20(16)21(17)29-22/h6-7,10-11,13H,8-9H2,1-5H3,(H,24,25,28). The van der Waals surface area contributed by atoms with Gasteiger partial charge in [0.25, 0.3) is 0 Å². The van der Waals surface area contributed by atoms with Crippen molar-refractivity contribution < 1.29 is 4.79 Å². The number of aromatic nitrogens is 4. The van der Waals surface area contributed by atoms with Crippen molar-refractivity contribution in [3.8, 4) is 21.8 Å². The molecule has 0 saturated heterocycles. The molecule has 1 aliphatic carbocycles. The van der Waals surface area contributed by atoms with E-state index in [4.69, 9.17) is 10.1 Å². The van der Waals surface area contributed by atoms with Gasteiger partial charge in [-0.15, -0.1) is 0 Å². The van der Waals surface area contributed by atoms with Crippen LogP contribution in [0.4, 0.5) is 5.13 Å². The number of aryl methyl sites for hydroxylation is 2. The lowest BCUT2D eigenvalue weighted by Gasteiger charge is -2.15. The first-order chi connectivity index (χ1) is 13.8. The van der Waals surface area contributed by atoms with Crippen molar-refractivity contribution in [2.75, 3.05) is 5.32 Å². The van der Waals surface area contributed by atoms with E-state index in [0.717, 1.165) is 51.6 Å². The number of amides is 1. The number of anilines is 1. The van der Waals surface area contributed by atoms with Crippen molar-refractivity contribution in [3.05, 3.63) is 46.9 Å². The molecule has 1 aliphatic rings. The van der Waals surface area contributed by atoms with Crippen LogP contribution in [-0.2, 0) is 17.6 Å². The van der Waals surface area contributed by atoms with Crippen LogP contribution in [0.1, 0.15) is 50.7 Å². The molecule has 6 nitrogen and oxygen atoms in total. The van der Waals surface area contributed by atoms with E-state index in [0.29, 0.717) is 5.13 Å². The van der Waals surface area contributed by atoms with E-state index in [2.05, 4.69) is 34.9 Å². The van der Waals surface area contributed by atoms with Crippen LogP contribution in [0, 0.1) is 6.92 Å². The van der Waals surface area contributed by atoms with E-state index >= 15 is 0 Å². The summed E-state index contributed by atoms with van der Waals surface area (Å²) in [4.78, 5) is 22.4. The molecule has 0 aromatic carbocycles. The Morgan fingerprint density at radius 2 is 2.07 bits per heavy atom. The van der Waals surface area contributed by atoms with Crippen LogP contribution >= 0.6 is 11.3 Å². The summed E-state index contributed by atoms with van der Waals surface area (Å²) < 4.78 is 2.09. The summed E-state index contributed by atoms with van der Waals surface area (Å²) in [6, 6.07) is 4.32. The van der Waals surface area contributed by atoms with Gasteiger partial charge in [0.15, 0.2) is 5.13 Å². The van der Waals surface area contributed by atoms with Crippen molar-refractivity contribution in [1.82, 2.24) is 19.7 Å². The summed E-state index contributed by atoms with van der Waals surface area (Å²) in [5, 5.41) is 8.50. The van der Waals surface area contributed by atoms with E-state index in [-0.39, 0.29) is 11.9 Å². The summed E-state index contributed by atoms with van der Waals surface area (Å²) in [6.45, 7) is 10.1. The zero-order chi connectivity index (χ0) is 20.7. The highest BCUT2D eigenvalue weighted by Gasteiger charge is 2.30. The van der Waals surface area contributed by atoms with Crippen LogP contribution < -0.4 is 5.32 Å². The summed E-state index contributed by atoms with van der Waals surface area (Å²) >= 11 is 1.53. The molecule has 0 saturated carbocycles. The smallest absolute Gasteiger partial charge is 0.250 e. The fraction of sp³-hybridized carbons (Fsp3) is 0.364. The first-order valence-electron chi connectivity index (χ1n) is 9.84. The number of carbonyl (C=O) groups excluding carboxylic acids is 1. The van der Waals surface area contributed by atoms with Crippen molar-refractivity contribution in [1.29, 1.82) is 0 Å². The molecular weight excluding hydrogens is 382 g/mol. The molecule has 0 atom stereocenters. The predicted octanol–water partition coefficient (Wildman–Crippen LogP) is 4.96. The van der Waals surface area contributed by atoms with Gasteiger partial charge in [-0.05, 0) is 59.6 Å². The van der Waals surface area contributed by atoms with Gasteiger partial charge in [0.2, 0.25) is 5.91 Å². The molecule has 0 spiro atoms. The lowest BCUT2D eigenvalue weighted by atomic mass is 9.95. The number of hydrogen-bond acceptors (Lipinski definition) is 5. The third-order valence-electron chi connectivity index (χ3n) is 4.86. The first-order valence-corrected chi connectivity index (χ1v) is 10.7. The lowest BCUT2D eigenvalue weighted by Crippen LogP contribution is -2.09. The molecule has 4 rings (SSSR count). The van der Waals surface area contributed by atoms with E-state index < -0.39 is 0 Å². The van der Waals surface area contributed by atoms with Gasteiger partial charge in [-0.1, -0.05) is 16.9 Å². The maximum absolute atomic E-state index is 12.1. The average molecular weight is 408 g/mol. The third kappa shape index (κ3) is 3.74. The normalized spacial score (nSPS) is 12.5. The van der Waals surface area contributed by atoms with Crippen LogP contribution in [0.3, 0.4) is 0 Å². The van der Waals surface area contributed by atoms with Crippen LogP contribution in [-0.4, -0.2) is 25.7 Å². The van der Waals surface area contributed by atoms with E-state index in [1.165, 1.54) is 16.9 Å². The maximum atomic E-state index is 12.1. The Labute approximate surface area is 174 Å². The minimum absolute atomic E-state index is 0.139. The van der Waals surface area contributed by atoms with Crippen LogP contribution in [0.15, 0.2) is 30.0 Å². The highest BCUT2D eigenvalue weighted by Crippen LogP contribution is 2.44. The highest BCUT2D eigenvalue weighted by atomic mass is 32.1. The largest absolute Gasteiger partial charge is 0.298 e. The molecule has 150 valence electrons. The van der Waals surface area contributed by atoms with Gasteiger partial charge < -0.3 is 0 Å². The topological polar surface area (TPSA) is 72.7 Å². The molecule has 1 N–H and O–H groups in total. The van der Waals surface area contributed by atoms with Gasteiger partial charge in [0.1, 0.15) is 0 Å². The molecule has 3 aromatic heterocycles. The maximum Gasteiger partial charge on any atom is 0.250 e. The Morgan fingerprint density at radius 3 is 2.72 bits per heavy atom. The number of nitrogens with one attached hydrogen (secondary N) is 1. The van der Waals surface area contributed by atoms with Crippen molar-refractivity contribution in [2.24, 2.45) is 0 Å². The summed E-state index contributed by atoms with van der Waals surface area (Å²) in [5.41, 5.74) is 7.38. The summed E-state index contributed by atoms with van der Waals surface area (Å²) in [7, 11) is 0. The average Bonchev–Trinajstić information content (AvgIpc) is 3.22. The monoisotopic (exact) mass is 407 g/mol.